The van der Waals surface area contributed by atoms with Gasteiger partial charge < -0.3 is 9.73 Å². The van der Waals surface area contributed by atoms with E-state index < -0.39 is 11.9 Å². The third kappa shape index (κ3) is 3.87. The average molecular weight is 398 g/mol. The molecule has 4 nitrogen and oxygen atoms in total. The Morgan fingerprint density at radius 2 is 1.57 bits per heavy atom. The average Bonchev–Trinajstić information content (AvgIpc) is 3.19. The van der Waals surface area contributed by atoms with E-state index in [4.69, 9.17) is 16.0 Å². The number of hydrogen-bond donors (Lipinski definition) is 1. The largest absolute Gasteiger partial charge is 0.418 e. The van der Waals surface area contributed by atoms with E-state index in [1.54, 1.807) is 18.2 Å². The smallest absolute Gasteiger partial charge is 0.247 e. The van der Waals surface area contributed by atoms with Crippen LogP contribution in [0.15, 0.2) is 77.2 Å². The summed E-state index contributed by atoms with van der Waals surface area (Å²) >= 11 is 6.26. The van der Waals surface area contributed by atoms with E-state index >= 15 is 0 Å². The molecule has 0 bridgehead atoms. The number of halogens is 3. The zero-order chi connectivity index (χ0) is 19.5. The Kier molecular flexibility index (Phi) is 5.04. The summed E-state index contributed by atoms with van der Waals surface area (Å²) in [5, 5.41) is 11.6. The van der Waals surface area contributed by atoms with Crippen molar-refractivity contribution in [1.29, 1.82) is 0 Å². The predicted molar refractivity (Wildman–Crippen MR) is 103 cm³/mol. The lowest BCUT2D eigenvalue weighted by molar-refractivity contribution is 0.494. The van der Waals surface area contributed by atoms with Gasteiger partial charge in [-0.1, -0.05) is 35.9 Å². The lowest BCUT2D eigenvalue weighted by Gasteiger charge is -2.18. The zero-order valence-corrected chi connectivity index (χ0v) is 15.2. The van der Waals surface area contributed by atoms with E-state index in [0.717, 1.165) is 5.56 Å². The van der Waals surface area contributed by atoms with E-state index in [1.807, 2.05) is 30.3 Å². The molecule has 1 aromatic heterocycles. The van der Waals surface area contributed by atoms with Gasteiger partial charge in [0.2, 0.25) is 11.8 Å². The topological polar surface area (TPSA) is 51.0 Å². The first-order chi connectivity index (χ1) is 13.6. The molecule has 0 unspecified atom stereocenters. The second-order valence-corrected chi connectivity index (χ2v) is 6.47. The van der Waals surface area contributed by atoms with Gasteiger partial charge in [0.1, 0.15) is 17.7 Å². The highest BCUT2D eigenvalue weighted by Crippen LogP contribution is 2.32. The molecular formula is C21H14ClF2N3O. The molecule has 0 radical (unpaired) electrons. The summed E-state index contributed by atoms with van der Waals surface area (Å²) in [5.41, 5.74) is 1.94. The molecule has 0 aliphatic carbocycles. The van der Waals surface area contributed by atoms with Gasteiger partial charge in [0, 0.05) is 21.8 Å². The van der Waals surface area contributed by atoms with Gasteiger partial charge in [-0.25, -0.2) is 8.78 Å². The fourth-order valence-electron chi connectivity index (χ4n) is 2.77. The number of rotatable bonds is 5. The predicted octanol–water partition coefficient (Wildman–Crippen LogP) is 5.87. The summed E-state index contributed by atoms with van der Waals surface area (Å²) in [5.74, 6) is -0.215. The number of aromatic nitrogens is 2. The number of anilines is 1. The van der Waals surface area contributed by atoms with Crippen LogP contribution in [0.3, 0.4) is 0 Å². The van der Waals surface area contributed by atoms with Gasteiger partial charge in [0.25, 0.3) is 0 Å². The van der Waals surface area contributed by atoms with Crippen molar-refractivity contribution in [2.45, 2.75) is 6.04 Å². The summed E-state index contributed by atoms with van der Waals surface area (Å²) < 4.78 is 32.6. The van der Waals surface area contributed by atoms with Crippen LogP contribution in [0.5, 0.6) is 0 Å². The summed E-state index contributed by atoms with van der Waals surface area (Å²) in [6.07, 6.45) is 0. The van der Waals surface area contributed by atoms with Crippen LogP contribution in [0.2, 0.25) is 5.02 Å². The van der Waals surface area contributed by atoms with Crippen LogP contribution in [-0.4, -0.2) is 10.2 Å². The molecule has 4 rings (SSSR count). The maximum atomic E-state index is 13.5. The monoisotopic (exact) mass is 397 g/mol. The fraction of sp³-hybridized carbons (Fsp3) is 0.0476. The van der Waals surface area contributed by atoms with Gasteiger partial charge >= 0.3 is 0 Å². The molecule has 4 aromatic rings. The molecule has 0 spiro atoms. The quantitative estimate of drug-likeness (QED) is 0.457. The Morgan fingerprint density at radius 1 is 0.857 bits per heavy atom. The van der Waals surface area contributed by atoms with Crippen LogP contribution < -0.4 is 5.32 Å². The number of hydrogen-bond acceptors (Lipinski definition) is 4. The second-order valence-electron chi connectivity index (χ2n) is 6.06. The Bertz CT molecular complexity index is 1080. The van der Waals surface area contributed by atoms with Crippen LogP contribution in [-0.2, 0) is 0 Å². The molecule has 0 aliphatic heterocycles. The molecule has 3 aromatic carbocycles. The van der Waals surface area contributed by atoms with Crippen molar-refractivity contribution in [3.05, 3.63) is 101 Å². The first-order valence-corrected chi connectivity index (χ1v) is 8.84. The van der Waals surface area contributed by atoms with Gasteiger partial charge in [0.15, 0.2) is 0 Å². The lowest BCUT2D eigenvalue weighted by Crippen LogP contribution is -2.13. The number of benzene rings is 3. The molecule has 1 N–H and O–H groups in total. The van der Waals surface area contributed by atoms with Crippen molar-refractivity contribution in [3.8, 4) is 11.5 Å². The van der Waals surface area contributed by atoms with Crippen LogP contribution in [0.25, 0.3) is 11.5 Å². The van der Waals surface area contributed by atoms with Crippen molar-refractivity contribution >= 4 is 17.3 Å². The summed E-state index contributed by atoms with van der Waals surface area (Å²) in [6, 6.07) is 18.5. The number of nitrogens with one attached hydrogen (secondary N) is 1. The van der Waals surface area contributed by atoms with Crippen LogP contribution >= 0.6 is 11.6 Å². The third-order valence-corrected chi connectivity index (χ3v) is 4.46. The Morgan fingerprint density at radius 3 is 2.29 bits per heavy atom. The Hall–Kier alpha value is -3.25. The first-order valence-electron chi connectivity index (χ1n) is 8.46. The minimum Gasteiger partial charge on any atom is -0.418 e. The van der Waals surface area contributed by atoms with Gasteiger partial charge in [-0.15, -0.1) is 10.2 Å². The minimum atomic E-state index is -0.650. The van der Waals surface area contributed by atoms with Crippen LogP contribution in [0.4, 0.5) is 14.5 Å². The first kappa shape index (κ1) is 18.1. The van der Waals surface area contributed by atoms with Crippen LogP contribution in [0.1, 0.15) is 17.5 Å². The van der Waals surface area contributed by atoms with E-state index in [-0.39, 0.29) is 16.7 Å². The van der Waals surface area contributed by atoms with Gasteiger partial charge in [0.05, 0.1) is 0 Å². The van der Waals surface area contributed by atoms with E-state index in [2.05, 4.69) is 15.5 Å². The maximum absolute atomic E-state index is 13.5. The lowest BCUT2D eigenvalue weighted by atomic mass is 10.1. The highest BCUT2D eigenvalue weighted by Gasteiger charge is 2.24. The molecule has 7 heteroatoms. The molecule has 0 aliphatic rings. The SMILES string of the molecule is Fc1ccc(N[C@H](c2nnc(-c3ccccc3)o2)c2ccc(F)cc2Cl)cc1. The van der Waals surface area contributed by atoms with Crippen molar-refractivity contribution in [3.63, 3.8) is 0 Å². The van der Waals surface area contributed by atoms with Gasteiger partial charge in [-0.3, -0.25) is 0 Å². The van der Waals surface area contributed by atoms with Gasteiger partial charge in [-0.05, 0) is 48.5 Å². The van der Waals surface area contributed by atoms with Crippen molar-refractivity contribution < 1.29 is 13.2 Å². The summed E-state index contributed by atoms with van der Waals surface area (Å²) in [6.45, 7) is 0. The van der Waals surface area contributed by atoms with Crippen molar-refractivity contribution in [1.82, 2.24) is 10.2 Å². The molecule has 1 heterocycles. The maximum Gasteiger partial charge on any atom is 0.247 e. The molecule has 0 fully saturated rings. The van der Waals surface area contributed by atoms with Gasteiger partial charge in [-0.2, -0.15) is 0 Å². The third-order valence-electron chi connectivity index (χ3n) is 4.14. The molecule has 0 amide bonds. The Balaban J connectivity index is 1.74. The highest BCUT2D eigenvalue weighted by atomic mass is 35.5. The summed E-state index contributed by atoms with van der Waals surface area (Å²) in [7, 11) is 0. The fourth-order valence-corrected chi connectivity index (χ4v) is 3.05. The minimum absolute atomic E-state index is 0.207. The standard InChI is InChI=1S/C21H14ClF2N3O/c22-18-12-15(24)8-11-17(18)19(25-16-9-6-14(23)7-10-16)21-27-26-20(28-21)13-4-2-1-3-5-13/h1-12,19,25H/t19-/m0/s1. The molecule has 1 atom stereocenters. The van der Waals surface area contributed by atoms with E-state index in [9.17, 15) is 8.78 Å². The van der Waals surface area contributed by atoms with E-state index in [0.29, 0.717) is 17.1 Å². The van der Waals surface area contributed by atoms with Crippen molar-refractivity contribution in [2.75, 3.05) is 5.32 Å². The second kappa shape index (κ2) is 7.78. The molecular weight excluding hydrogens is 384 g/mol. The van der Waals surface area contributed by atoms with E-state index in [1.165, 1.54) is 24.3 Å². The molecule has 28 heavy (non-hydrogen) atoms. The zero-order valence-electron chi connectivity index (χ0n) is 14.4. The normalized spacial score (nSPS) is 12.0. The molecule has 0 saturated carbocycles. The highest BCUT2D eigenvalue weighted by molar-refractivity contribution is 6.31. The molecule has 0 saturated heterocycles. The Labute approximate surface area is 164 Å². The number of nitrogens with zero attached hydrogens (tertiary/aromatic N) is 2. The summed E-state index contributed by atoms with van der Waals surface area (Å²) in [4.78, 5) is 0. The molecule has 140 valence electrons. The van der Waals surface area contributed by atoms with Crippen molar-refractivity contribution in [2.24, 2.45) is 0 Å². The van der Waals surface area contributed by atoms with Crippen LogP contribution in [0, 0.1) is 11.6 Å².